The van der Waals surface area contributed by atoms with Crippen LogP contribution in [-0.4, -0.2) is 26.4 Å². The molecule has 126 valence electrons. The summed E-state index contributed by atoms with van der Waals surface area (Å²) in [4.78, 5) is 2.35. The molecule has 0 aliphatic heterocycles. The highest BCUT2D eigenvalue weighted by atomic mass is 35.5. The van der Waals surface area contributed by atoms with Crippen molar-refractivity contribution in [2.24, 2.45) is 0 Å². The van der Waals surface area contributed by atoms with E-state index in [4.69, 9.17) is 16.2 Å². The summed E-state index contributed by atoms with van der Waals surface area (Å²) in [6.07, 6.45) is 1.55. The van der Waals surface area contributed by atoms with Crippen LogP contribution in [0.2, 0.25) is 5.02 Å². The molecule has 0 saturated carbocycles. The number of benzene rings is 2. The highest BCUT2D eigenvalue weighted by molar-refractivity contribution is 7.92. The van der Waals surface area contributed by atoms with Gasteiger partial charge in [-0.15, -0.1) is 0 Å². The zero-order valence-electron chi connectivity index (χ0n) is 11.9. The molecule has 2 aromatic carbocycles. The fourth-order valence-corrected chi connectivity index (χ4v) is 3.96. The van der Waals surface area contributed by atoms with E-state index in [9.17, 15) is 16.8 Å². The Kier molecular flexibility index (Phi) is 4.04. The van der Waals surface area contributed by atoms with Gasteiger partial charge in [-0.2, -0.15) is 8.42 Å². The van der Waals surface area contributed by atoms with Crippen LogP contribution in [0.15, 0.2) is 58.5 Å². The number of sulfonamides is 1. The summed E-state index contributed by atoms with van der Waals surface area (Å²) in [7, 11) is -8.33. The quantitative estimate of drug-likeness (QED) is 0.596. The molecule has 24 heavy (non-hydrogen) atoms. The maximum Gasteiger partial charge on any atom is 0.294 e. The van der Waals surface area contributed by atoms with Crippen molar-refractivity contribution in [3.63, 3.8) is 0 Å². The molecule has 3 rings (SSSR count). The highest BCUT2D eigenvalue weighted by Gasteiger charge is 2.18. The molecule has 0 amide bonds. The van der Waals surface area contributed by atoms with Crippen LogP contribution in [0.3, 0.4) is 0 Å². The molecular formula is C14H11ClN2O5S2. The Hall–Kier alpha value is -2.07. The Labute approximate surface area is 143 Å². The van der Waals surface area contributed by atoms with Gasteiger partial charge in [0.1, 0.15) is 0 Å². The minimum atomic E-state index is -4.38. The smallest absolute Gasteiger partial charge is 0.294 e. The number of aromatic amines is 1. The van der Waals surface area contributed by atoms with Crippen molar-refractivity contribution in [3.05, 3.63) is 53.7 Å². The molecule has 0 atom stereocenters. The summed E-state index contributed by atoms with van der Waals surface area (Å²) in [5.74, 6) is 0. The zero-order valence-corrected chi connectivity index (χ0v) is 14.3. The number of nitrogens with one attached hydrogen (secondary N) is 2. The largest absolute Gasteiger partial charge is 0.358 e. The SMILES string of the molecule is O=S(=O)(O)c1ccc(S(=O)(=O)Nc2cccc3c(Cl)c[nH]c23)cc1. The topological polar surface area (TPSA) is 116 Å². The summed E-state index contributed by atoms with van der Waals surface area (Å²) < 4.78 is 58.2. The minimum absolute atomic E-state index is 0.149. The molecule has 0 fully saturated rings. The average molecular weight is 387 g/mol. The zero-order chi connectivity index (χ0) is 17.5. The van der Waals surface area contributed by atoms with Gasteiger partial charge < -0.3 is 4.98 Å². The van der Waals surface area contributed by atoms with E-state index < -0.39 is 20.1 Å². The maximum atomic E-state index is 12.4. The van der Waals surface area contributed by atoms with Crippen LogP contribution in [0, 0.1) is 0 Å². The van der Waals surface area contributed by atoms with Crippen molar-refractivity contribution < 1.29 is 21.4 Å². The third-order valence-corrected chi connectivity index (χ3v) is 5.90. The first-order valence-electron chi connectivity index (χ1n) is 6.54. The average Bonchev–Trinajstić information content (AvgIpc) is 2.89. The van der Waals surface area contributed by atoms with Gasteiger partial charge in [-0.25, -0.2) is 8.42 Å². The number of fused-ring (bicyclic) bond motifs is 1. The predicted molar refractivity (Wildman–Crippen MR) is 90.4 cm³/mol. The summed E-state index contributed by atoms with van der Waals surface area (Å²) in [5, 5.41) is 1.13. The van der Waals surface area contributed by atoms with Crippen molar-refractivity contribution in [3.8, 4) is 0 Å². The third-order valence-electron chi connectivity index (χ3n) is 3.34. The first-order valence-corrected chi connectivity index (χ1v) is 9.84. The first kappa shape index (κ1) is 16.8. The lowest BCUT2D eigenvalue weighted by Gasteiger charge is -2.09. The second-order valence-electron chi connectivity index (χ2n) is 4.92. The normalized spacial score (nSPS) is 12.4. The van der Waals surface area contributed by atoms with Gasteiger partial charge in [0.05, 0.1) is 26.0 Å². The Balaban J connectivity index is 1.99. The fourth-order valence-electron chi connectivity index (χ4n) is 2.20. The fraction of sp³-hybridized carbons (Fsp3) is 0. The number of para-hydroxylation sites is 1. The van der Waals surface area contributed by atoms with Crippen LogP contribution in [0.5, 0.6) is 0 Å². The van der Waals surface area contributed by atoms with Gasteiger partial charge in [0.15, 0.2) is 0 Å². The summed E-state index contributed by atoms with van der Waals surface area (Å²) in [6.45, 7) is 0. The van der Waals surface area contributed by atoms with E-state index in [0.29, 0.717) is 21.6 Å². The lowest BCUT2D eigenvalue weighted by atomic mass is 10.2. The van der Waals surface area contributed by atoms with Crippen LogP contribution in [-0.2, 0) is 20.1 Å². The minimum Gasteiger partial charge on any atom is -0.358 e. The Morgan fingerprint density at radius 3 is 2.21 bits per heavy atom. The van der Waals surface area contributed by atoms with Gasteiger partial charge in [0.2, 0.25) is 0 Å². The monoisotopic (exact) mass is 386 g/mol. The van der Waals surface area contributed by atoms with E-state index in [2.05, 4.69) is 9.71 Å². The molecule has 0 aliphatic carbocycles. The van der Waals surface area contributed by atoms with Crippen molar-refractivity contribution >= 4 is 48.3 Å². The Morgan fingerprint density at radius 2 is 1.58 bits per heavy atom. The molecule has 0 bridgehead atoms. The van der Waals surface area contributed by atoms with Gasteiger partial charge in [-0.05, 0) is 30.3 Å². The van der Waals surface area contributed by atoms with E-state index in [1.54, 1.807) is 24.4 Å². The van der Waals surface area contributed by atoms with Gasteiger partial charge in [0.25, 0.3) is 20.1 Å². The first-order chi connectivity index (χ1) is 11.2. The van der Waals surface area contributed by atoms with Crippen molar-refractivity contribution in [1.29, 1.82) is 0 Å². The molecule has 7 nitrogen and oxygen atoms in total. The van der Waals surface area contributed by atoms with Crippen molar-refractivity contribution in [2.75, 3.05) is 4.72 Å². The number of rotatable bonds is 4. The number of hydrogen-bond acceptors (Lipinski definition) is 4. The third kappa shape index (κ3) is 3.11. The lowest BCUT2D eigenvalue weighted by Crippen LogP contribution is -2.13. The second-order valence-corrected chi connectivity index (χ2v) is 8.43. The van der Waals surface area contributed by atoms with Crippen molar-refractivity contribution in [2.45, 2.75) is 9.79 Å². The van der Waals surface area contributed by atoms with Gasteiger partial charge in [-0.3, -0.25) is 9.27 Å². The number of H-pyrrole nitrogens is 1. The van der Waals surface area contributed by atoms with Crippen LogP contribution >= 0.6 is 11.6 Å². The number of halogens is 1. The molecule has 0 saturated heterocycles. The predicted octanol–water partition coefficient (Wildman–Crippen LogP) is 2.87. The van der Waals surface area contributed by atoms with Gasteiger partial charge in [0, 0.05) is 11.6 Å². The van der Waals surface area contributed by atoms with Crippen molar-refractivity contribution in [1.82, 2.24) is 4.98 Å². The Morgan fingerprint density at radius 1 is 0.958 bits per heavy atom. The molecule has 3 N–H and O–H groups in total. The van der Waals surface area contributed by atoms with E-state index in [1.807, 2.05) is 0 Å². The highest BCUT2D eigenvalue weighted by Crippen LogP contribution is 2.29. The van der Waals surface area contributed by atoms with E-state index in [1.165, 1.54) is 0 Å². The summed E-state index contributed by atoms with van der Waals surface area (Å²) in [5.41, 5.74) is 0.832. The number of hydrogen-bond donors (Lipinski definition) is 3. The van der Waals surface area contributed by atoms with Gasteiger partial charge in [-0.1, -0.05) is 23.7 Å². The molecule has 0 unspecified atom stereocenters. The van der Waals surface area contributed by atoms with E-state index >= 15 is 0 Å². The lowest BCUT2D eigenvalue weighted by molar-refractivity contribution is 0.483. The number of aromatic nitrogens is 1. The number of anilines is 1. The Bertz CT molecular complexity index is 1120. The maximum absolute atomic E-state index is 12.4. The van der Waals surface area contributed by atoms with Crippen LogP contribution < -0.4 is 4.72 Å². The molecule has 0 spiro atoms. The summed E-state index contributed by atoms with van der Waals surface area (Å²) >= 11 is 6.00. The van der Waals surface area contributed by atoms with Crippen LogP contribution in [0.25, 0.3) is 10.9 Å². The molecule has 0 radical (unpaired) electrons. The second kappa shape index (κ2) is 5.78. The standard InChI is InChI=1S/C14H11ClN2O5S2/c15-12-8-16-14-11(12)2-1-3-13(14)17-23(18,19)9-4-6-10(7-5-9)24(20,21)22/h1-8,16-17H,(H,20,21,22). The van der Waals surface area contributed by atoms with Crippen LogP contribution in [0.1, 0.15) is 0 Å². The van der Waals surface area contributed by atoms with E-state index in [-0.39, 0.29) is 9.79 Å². The van der Waals surface area contributed by atoms with Crippen LogP contribution in [0.4, 0.5) is 5.69 Å². The molecular weight excluding hydrogens is 376 g/mol. The molecule has 3 aromatic rings. The molecule has 1 aromatic heterocycles. The molecule has 1 heterocycles. The van der Waals surface area contributed by atoms with E-state index in [0.717, 1.165) is 24.3 Å². The molecule has 10 heteroatoms. The summed E-state index contributed by atoms with van der Waals surface area (Å²) in [6, 6.07) is 9.17. The van der Waals surface area contributed by atoms with Gasteiger partial charge >= 0.3 is 0 Å². The molecule has 0 aliphatic rings.